The van der Waals surface area contributed by atoms with Gasteiger partial charge < -0.3 is 34.4 Å². The van der Waals surface area contributed by atoms with Crippen LogP contribution in [0.25, 0.3) is 0 Å². The molecule has 1 aromatic heterocycles. The van der Waals surface area contributed by atoms with Gasteiger partial charge in [-0.2, -0.15) is 0 Å². The molecular weight excluding hydrogens is 564 g/mol. The number of nitrogens with one attached hydrogen (secondary N) is 1. The standard InChI is InChI=1S/C33H38N4O7/c1-42-32-27(7-3-15-34-32)33(41)37-17-14-29-28(20-37)35-30(39)21-36(16-4-18-38)31(40)13-10-23-8-11-25(12-9-23)44-26-6-2-5-24(19-26)22-43-29/h2-3,5-9,11-12,15,19,28-29,38H,4,10,13-14,16-18,20-22H2,1H3,(H,35,39)/t28-,29-/m0/s1. The van der Waals surface area contributed by atoms with Crippen LogP contribution in [0.3, 0.4) is 0 Å². The maximum atomic E-state index is 13.5. The molecule has 11 heteroatoms. The van der Waals surface area contributed by atoms with Gasteiger partial charge in [-0.25, -0.2) is 4.98 Å². The predicted molar refractivity (Wildman–Crippen MR) is 161 cm³/mol. The minimum atomic E-state index is -0.533. The lowest BCUT2D eigenvalue weighted by Gasteiger charge is -2.39. The molecule has 2 aromatic carbocycles. The highest BCUT2D eigenvalue weighted by atomic mass is 16.5. The Bertz CT molecular complexity index is 1450. The fourth-order valence-electron chi connectivity index (χ4n) is 5.49. The van der Waals surface area contributed by atoms with Crippen LogP contribution in [0.1, 0.15) is 40.7 Å². The van der Waals surface area contributed by atoms with E-state index in [1.807, 2.05) is 48.5 Å². The van der Waals surface area contributed by atoms with Crippen molar-refractivity contribution in [3.8, 4) is 17.4 Å². The lowest BCUT2D eigenvalue weighted by Crippen LogP contribution is -2.58. The third-order valence-corrected chi connectivity index (χ3v) is 7.80. The molecule has 3 aliphatic heterocycles. The highest BCUT2D eigenvalue weighted by Gasteiger charge is 2.35. The molecule has 4 bridgehead atoms. The normalized spacial score (nSPS) is 19.6. The molecule has 4 heterocycles. The number of likely N-dealkylation sites (tertiary alicyclic amines) is 1. The van der Waals surface area contributed by atoms with Crippen molar-refractivity contribution in [1.82, 2.24) is 20.1 Å². The zero-order valence-corrected chi connectivity index (χ0v) is 24.8. The summed E-state index contributed by atoms with van der Waals surface area (Å²) in [7, 11) is 1.46. The molecule has 0 unspecified atom stereocenters. The van der Waals surface area contributed by atoms with Gasteiger partial charge in [-0.05, 0) is 66.8 Å². The Morgan fingerprint density at radius 1 is 1.07 bits per heavy atom. The van der Waals surface area contributed by atoms with Gasteiger partial charge in [0.2, 0.25) is 17.7 Å². The second kappa shape index (κ2) is 14.8. The molecular formula is C33H38N4O7. The van der Waals surface area contributed by atoms with E-state index in [1.54, 1.807) is 23.2 Å². The molecule has 0 aliphatic carbocycles. The Kier molecular flexibility index (Phi) is 10.4. The van der Waals surface area contributed by atoms with Crippen molar-refractivity contribution in [2.75, 3.05) is 39.9 Å². The van der Waals surface area contributed by atoms with E-state index in [0.717, 1.165) is 11.1 Å². The molecule has 0 spiro atoms. The molecule has 1 fully saturated rings. The number of ether oxygens (including phenoxy) is 3. The number of methoxy groups -OCH3 is 1. The quantitative estimate of drug-likeness (QED) is 0.456. The number of carbonyl (C=O) groups excluding carboxylic acids is 3. The molecule has 3 aromatic rings. The first kappa shape index (κ1) is 31.0. The minimum absolute atomic E-state index is 0.0962. The number of nitrogens with zero attached hydrogens (tertiary/aromatic N) is 3. The minimum Gasteiger partial charge on any atom is -0.480 e. The molecule has 44 heavy (non-hydrogen) atoms. The van der Waals surface area contributed by atoms with Crippen LogP contribution in [0.2, 0.25) is 0 Å². The van der Waals surface area contributed by atoms with Gasteiger partial charge >= 0.3 is 0 Å². The van der Waals surface area contributed by atoms with Crippen molar-refractivity contribution >= 4 is 17.7 Å². The first-order valence-corrected chi connectivity index (χ1v) is 14.9. The van der Waals surface area contributed by atoms with Crippen LogP contribution in [0.5, 0.6) is 17.4 Å². The van der Waals surface area contributed by atoms with Crippen molar-refractivity contribution in [1.29, 1.82) is 0 Å². The van der Waals surface area contributed by atoms with Crippen molar-refractivity contribution < 1.29 is 33.7 Å². The summed E-state index contributed by atoms with van der Waals surface area (Å²) < 4.78 is 17.7. The zero-order chi connectivity index (χ0) is 30.9. The van der Waals surface area contributed by atoms with Crippen LogP contribution < -0.4 is 14.8 Å². The average Bonchev–Trinajstić information content (AvgIpc) is 3.05. The summed E-state index contributed by atoms with van der Waals surface area (Å²) >= 11 is 0. The van der Waals surface area contributed by atoms with E-state index in [4.69, 9.17) is 14.2 Å². The molecule has 2 atom stereocenters. The number of aliphatic hydroxyl groups excluding tert-OH is 1. The number of aromatic nitrogens is 1. The first-order valence-electron chi connectivity index (χ1n) is 14.9. The zero-order valence-electron chi connectivity index (χ0n) is 24.8. The lowest BCUT2D eigenvalue weighted by molar-refractivity contribution is -0.137. The van der Waals surface area contributed by atoms with E-state index in [9.17, 15) is 19.5 Å². The molecule has 232 valence electrons. The van der Waals surface area contributed by atoms with E-state index in [0.29, 0.717) is 42.9 Å². The Balaban J connectivity index is 1.39. The fourth-order valence-corrected chi connectivity index (χ4v) is 5.49. The number of fused-ring (bicyclic) bond motifs is 9. The van der Waals surface area contributed by atoms with E-state index in [-0.39, 0.29) is 69.0 Å². The second-order valence-corrected chi connectivity index (χ2v) is 10.9. The number of piperidine rings is 1. The van der Waals surface area contributed by atoms with Crippen LogP contribution in [-0.2, 0) is 27.4 Å². The van der Waals surface area contributed by atoms with Crippen molar-refractivity contribution in [2.24, 2.45) is 0 Å². The third-order valence-electron chi connectivity index (χ3n) is 7.80. The van der Waals surface area contributed by atoms with Gasteiger partial charge in [-0.1, -0.05) is 24.3 Å². The Labute approximate surface area is 256 Å². The highest BCUT2D eigenvalue weighted by molar-refractivity contribution is 5.96. The number of rotatable bonds is 5. The predicted octanol–water partition coefficient (Wildman–Crippen LogP) is 2.96. The molecule has 3 amide bonds. The second-order valence-electron chi connectivity index (χ2n) is 10.9. The summed E-state index contributed by atoms with van der Waals surface area (Å²) in [5.41, 5.74) is 2.21. The number of benzene rings is 2. The summed E-state index contributed by atoms with van der Waals surface area (Å²) in [5, 5.41) is 12.5. The molecule has 0 saturated carbocycles. The van der Waals surface area contributed by atoms with Gasteiger partial charge in [0.15, 0.2) is 0 Å². The Morgan fingerprint density at radius 3 is 2.70 bits per heavy atom. The van der Waals surface area contributed by atoms with Crippen LogP contribution in [0, 0.1) is 0 Å². The molecule has 0 radical (unpaired) electrons. The lowest BCUT2D eigenvalue weighted by atomic mass is 10.0. The summed E-state index contributed by atoms with van der Waals surface area (Å²) in [5.74, 6) is 0.783. The summed E-state index contributed by atoms with van der Waals surface area (Å²) in [4.78, 5) is 47.4. The molecule has 2 N–H and O–H groups in total. The SMILES string of the molecule is COc1ncccc1C(=O)N1CC[C@@H]2OCc3cccc(c3)Oc3ccc(cc3)CCC(=O)N(CCCO)CC(=O)N[C@H]2C1. The Morgan fingerprint density at radius 2 is 1.91 bits per heavy atom. The van der Waals surface area contributed by atoms with Gasteiger partial charge in [-0.3, -0.25) is 14.4 Å². The Hall–Kier alpha value is -4.48. The van der Waals surface area contributed by atoms with Gasteiger partial charge in [0, 0.05) is 38.9 Å². The number of amides is 3. The smallest absolute Gasteiger partial charge is 0.259 e. The third kappa shape index (κ3) is 7.91. The summed E-state index contributed by atoms with van der Waals surface area (Å²) in [6.45, 7) is 0.880. The van der Waals surface area contributed by atoms with Crippen LogP contribution >= 0.6 is 0 Å². The van der Waals surface area contributed by atoms with Gasteiger partial charge in [0.25, 0.3) is 5.91 Å². The fraction of sp³-hybridized carbons (Fsp3) is 0.394. The largest absolute Gasteiger partial charge is 0.480 e. The molecule has 6 rings (SSSR count). The summed E-state index contributed by atoms with van der Waals surface area (Å²) in [6.07, 6.45) is 2.72. The van der Waals surface area contributed by atoms with E-state index in [1.165, 1.54) is 12.0 Å². The van der Waals surface area contributed by atoms with Crippen molar-refractivity contribution in [3.05, 3.63) is 83.6 Å². The highest BCUT2D eigenvalue weighted by Crippen LogP contribution is 2.26. The van der Waals surface area contributed by atoms with Gasteiger partial charge in [0.05, 0.1) is 32.4 Å². The number of aryl methyl sites for hydroxylation is 1. The van der Waals surface area contributed by atoms with Gasteiger partial charge in [-0.15, -0.1) is 0 Å². The number of hydrogen-bond acceptors (Lipinski definition) is 8. The van der Waals surface area contributed by atoms with Crippen LogP contribution in [0.4, 0.5) is 0 Å². The maximum Gasteiger partial charge on any atom is 0.259 e. The molecule has 3 aliphatic rings. The molecule has 11 nitrogen and oxygen atoms in total. The number of carbonyl (C=O) groups is 3. The topological polar surface area (TPSA) is 131 Å². The van der Waals surface area contributed by atoms with Crippen LogP contribution in [-0.4, -0.2) is 89.7 Å². The number of hydrogen-bond donors (Lipinski definition) is 2. The average molecular weight is 603 g/mol. The molecule has 1 saturated heterocycles. The van der Waals surface area contributed by atoms with Crippen molar-refractivity contribution in [3.63, 3.8) is 0 Å². The van der Waals surface area contributed by atoms with Crippen molar-refractivity contribution in [2.45, 2.75) is 44.4 Å². The number of aliphatic hydroxyl groups is 1. The monoisotopic (exact) mass is 602 g/mol. The maximum absolute atomic E-state index is 13.5. The van der Waals surface area contributed by atoms with Gasteiger partial charge in [0.1, 0.15) is 17.1 Å². The first-order chi connectivity index (χ1) is 21.4. The van der Waals surface area contributed by atoms with Crippen LogP contribution in [0.15, 0.2) is 66.9 Å². The number of pyridine rings is 1. The van der Waals surface area contributed by atoms with E-state index in [2.05, 4.69) is 10.3 Å². The van der Waals surface area contributed by atoms with E-state index < -0.39 is 6.04 Å². The summed E-state index contributed by atoms with van der Waals surface area (Å²) in [6, 6.07) is 18.0. The van der Waals surface area contributed by atoms with E-state index >= 15 is 0 Å².